The van der Waals surface area contributed by atoms with Crippen LogP contribution in [0.1, 0.15) is 47.0 Å². The minimum absolute atomic E-state index is 0.0512. The fourth-order valence-electron chi connectivity index (χ4n) is 5.33. The molecule has 2 aliphatic heterocycles. The molecule has 38 heavy (non-hydrogen) atoms. The van der Waals surface area contributed by atoms with Gasteiger partial charge in [0.2, 0.25) is 0 Å². The summed E-state index contributed by atoms with van der Waals surface area (Å²) < 4.78 is 22.1. The van der Waals surface area contributed by atoms with Crippen LogP contribution in [0.15, 0.2) is 11.6 Å². The molecule has 12 atom stereocenters. The molecule has 13 nitrogen and oxygen atoms in total. The molecule has 8 N–H and O–H groups in total. The molecule has 0 saturated carbocycles. The lowest BCUT2D eigenvalue weighted by molar-refractivity contribution is -0.335. The van der Waals surface area contributed by atoms with Gasteiger partial charge >= 0.3 is 0 Å². The van der Waals surface area contributed by atoms with Crippen LogP contribution in [-0.2, 0) is 23.7 Å². The molecule has 0 aromatic rings. The predicted molar refractivity (Wildman–Crippen MR) is 128 cm³/mol. The zero-order valence-electron chi connectivity index (χ0n) is 22.1. The average Bonchev–Trinajstić information content (AvgIpc) is 2.85. The van der Waals surface area contributed by atoms with E-state index in [0.717, 1.165) is 0 Å². The van der Waals surface area contributed by atoms with Gasteiger partial charge in [-0.1, -0.05) is 13.8 Å². The second-order valence-corrected chi connectivity index (χ2v) is 11.2. The monoisotopic (exact) mass is 550 g/mol. The Labute approximate surface area is 221 Å². The van der Waals surface area contributed by atoms with Crippen molar-refractivity contribution in [2.75, 3.05) is 13.2 Å². The van der Waals surface area contributed by atoms with Crippen molar-refractivity contribution in [2.45, 2.75) is 120 Å². The minimum Gasteiger partial charge on any atom is -0.394 e. The Hall–Kier alpha value is -1.07. The van der Waals surface area contributed by atoms with E-state index < -0.39 is 91.7 Å². The molecule has 13 heteroatoms. The highest BCUT2D eigenvalue weighted by Gasteiger charge is 2.50. The van der Waals surface area contributed by atoms with Crippen molar-refractivity contribution in [2.24, 2.45) is 5.41 Å². The third-order valence-corrected chi connectivity index (χ3v) is 7.99. The van der Waals surface area contributed by atoms with Gasteiger partial charge in [0.15, 0.2) is 18.4 Å². The molecular formula is C25H42O13. The molecule has 3 aliphatic rings. The molecule has 1 aliphatic carbocycles. The van der Waals surface area contributed by atoms with Crippen LogP contribution >= 0.6 is 0 Å². The number of ether oxygens (including phenoxy) is 4. The standard InChI is InChI=1S/C25H42O13/c1-11-7-13(27)8-24(3,4)25(11,34)6-5-12(2)36-23-21(33)19(31)17(29)15(38-23)10-35-22-20(32)18(30)16(28)14(9-26)37-22/h7,12,14-23,26,28-34H,5-6,8-10H2,1-4H3/t12-,14+,15+,16+,17+,18-,19-,20+,21+,22+,23+,25+/m0/s1. The number of aliphatic hydroxyl groups excluding tert-OH is 7. The number of aliphatic hydroxyl groups is 8. The zero-order chi connectivity index (χ0) is 28.6. The summed E-state index contributed by atoms with van der Waals surface area (Å²) in [4.78, 5) is 12.0. The van der Waals surface area contributed by atoms with Gasteiger partial charge in [-0.2, -0.15) is 0 Å². The van der Waals surface area contributed by atoms with Crippen molar-refractivity contribution in [3.8, 4) is 0 Å². The van der Waals surface area contributed by atoms with E-state index in [2.05, 4.69) is 0 Å². The fraction of sp³-hybridized carbons (Fsp3) is 0.880. The third-order valence-electron chi connectivity index (χ3n) is 7.99. The topological polar surface area (TPSA) is 216 Å². The molecule has 0 radical (unpaired) electrons. The van der Waals surface area contributed by atoms with Crippen LogP contribution in [0, 0.1) is 5.41 Å². The summed E-state index contributed by atoms with van der Waals surface area (Å²) in [5.74, 6) is -0.0512. The third kappa shape index (κ3) is 6.29. The van der Waals surface area contributed by atoms with E-state index >= 15 is 0 Å². The minimum atomic E-state index is -1.67. The van der Waals surface area contributed by atoms with E-state index in [1.165, 1.54) is 6.08 Å². The smallest absolute Gasteiger partial charge is 0.186 e. The van der Waals surface area contributed by atoms with Crippen LogP contribution in [-0.4, -0.2) is 133 Å². The Morgan fingerprint density at radius 3 is 2.08 bits per heavy atom. The Bertz CT molecular complexity index is 847. The van der Waals surface area contributed by atoms with Gasteiger partial charge in [-0.3, -0.25) is 4.79 Å². The second kappa shape index (κ2) is 12.2. The number of hydrogen-bond acceptors (Lipinski definition) is 13. The van der Waals surface area contributed by atoms with Gasteiger partial charge in [0.05, 0.1) is 24.9 Å². The number of carbonyl (C=O) groups is 1. The maximum Gasteiger partial charge on any atom is 0.186 e. The molecule has 2 fully saturated rings. The number of ketones is 1. The van der Waals surface area contributed by atoms with Crippen molar-refractivity contribution in [1.29, 1.82) is 0 Å². The van der Waals surface area contributed by atoms with Crippen molar-refractivity contribution in [1.82, 2.24) is 0 Å². The Kier molecular flexibility index (Phi) is 10.1. The fourth-order valence-corrected chi connectivity index (χ4v) is 5.33. The van der Waals surface area contributed by atoms with Crippen LogP contribution in [0.25, 0.3) is 0 Å². The average molecular weight is 551 g/mol. The first-order valence-corrected chi connectivity index (χ1v) is 12.8. The molecule has 0 spiro atoms. The molecule has 2 saturated heterocycles. The van der Waals surface area contributed by atoms with E-state index in [-0.39, 0.29) is 18.6 Å². The summed E-state index contributed by atoms with van der Waals surface area (Å²) in [6, 6.07) is 0. The molecule has 220 valence electrons. The number of rotatable bonds is 9. The maximum absolute atomic E-state index is 12.0. The molecule has 0 amide bonds. The number of carbonyl (C=O) groups excluding carboxylic acids is 1. The lowest BCUT2D eigenvalue weighted by Gasteiger charge is -2.46. The molecule has 0 unspecified atom stereocenters. The van der Waals surface area contributed by atoms with E-state index in [1.807, 2.05) is 13.8 Å². The maximum atomic E-state index is 12.0. The molecule has 0 aromatic carbocycles. The van der Waals surface area contributed by atoms with E-state index in [0.29, 0.717) is 12.0 Å². The Morgan fingerprint density at radius 1 is 0.947 bits per heavy atom. The van der Waals surface area contributed by atoms with Crippen molar-refractivity contribution in [3.63, 3.8) is 0 Å². The SMILES string of the molecule is CC1=CC(=O)CC(C)(C)[C@@]1(O)CC[C@H](C)O[C@@H]1O[C@H](CO[C@@H]2O[C@H](CO)[C@@H](O)[C@H](O)[C@H]2O)[C@@H](O)[C@H](O)[C@H]1O. The second-order valence-electron chi connectivity index (χ2n) is 11.2. The summed E-state index contributed by atoms with van der Waals surface area (Å²) in [6.45, 7) is 5.92. The first-order chi connectivity index (χ1) is 17.6. The van der Waals surface area contributed by atoms with Crippen LogP contribution in [0.4, 0.5) is 0 Å². The molecule has 3 rings (SSSR count). The van der Waals surface area contributed by atoms with E-state index in [9.17, 15) is 45.6 Å². The molecule has 0 aromatic heterocycles. The quantitative estimate of drug-likeness (QED) is 0.149. The largest absolute Gasteiger partial charge is 0.394 e. The van der Waals surface area contributed by atoms with Crippen molar-refractivity contribution >= 4 is 5.78 Å². The van der Waals surface area contributed by atoms with Crippen LogP contribution in [0.3, 0.4) is 0 Å². The number of allylic oxidation sites excluding steroid dienone is 1. The zero-order valence-corrected chi connectivity index (χ0v) is 22.1. The highest BCUT2D eigenvalue weighted by Crippen LogP contribution is 2.46. The van der Waals surface area contributed by atoms with Gasteiger partial charge in [0, 0.05) is 11.8 Å². The summed E-state index contributed by atoms with van der Waals surface area (Å²) in [7, 11) is 0. The summed E-state index contributed by atoms with van der Waals surface area (Å²) in [5.41, 5.74) is -1.39. The predicted octanol–water partition coefficient (Wildman–Crippen LogP) is -2.53. The highest BCUT2D eigenvalue weighted by molar-refractivity contribution is 5.92. The van der Waals surface area contributed by atoms with Crippen molar-refractivity contribution in [3.05, 3.63) is 11.6 Å². The van der Waals surface area contributed by atoms with Gasteiger partial charge < -0.3 is 59.8 Å². The van der Waals surface area contributed by atoms with Gasteiger partial charge in [-0.15, -0.1) is 0 Å². The highest BCUT2D eigenvalue weighted by atomic mass is 16.7. The van der Waals surface area contributed by atoms with E-state index in [4.69, 9.17) is 18.9 Å². The van der Waals surface area contributed by atoms with Crippen molar-refractivity contribution < 1.29 is 64.6 Å². The first kappa shape index (κ1) is 31.5. The summed E-state index contributed by atoms with van der Waals surface area (Å²) in [5, 5.41) is 81.8. The van der Waals surface area contributed by atoms with Crippen LogP contribution < -0.4 is 0 Å². The van der Waals surface area contributed by atoms with Crippen LogP contribution in [0.2, 0.25) is 0 Å². The van der Waals surface area contributed by atoms with Gasteiger partial charge in [0.25, 0.3) is 0 Å². The van der Waals surface area contributed by atoms with Gasteiger partial charge in [0.1, 0.15) is 48.8 Å². The normalized spacial score (nSPS) is 44.5. The lowest BCUT2D eigenvalue weighted by Crippen LogP contribution is -2.62. The van der Waals surface area contributed by atoms with Gasteiger partial charge in [-0.25, -0.2) is 0 Å². The molecule has 0 bridgehead atoms. The molecular weight excluding hydrogens is 508 g/mol. The van der Waals surface area contributed by atoms with Crippen LogP contribution in [0.5, 0.6) is 0 Å². The van der Waals surface area contributed by atoms with Gasteiger partial charge in [-0.05, 0) is 38.3 Å². The summed E-state index contributed by atoms with van der Waals surface area (Å²) in [6.07, 6.45) is -13.4. The lowest BCUT2D eigenvalue weighted by atomic mass is 9.63. The summed E-state index contributed by atoms with van der Waals surface area (Å²) >= 11 is 0. The Morgan fingerprint density at radius 2 is 1.50 bits per heavy atom. The molecule has 2 heterocycles. The Balaban J connectivity index is 1.60. The number of hydrogen-bond donors (Lipinski definition) is 8. The van der Waals surface area contributed by atoms with E-state index in [1.54, 1.807) is 13.8 Å². The first-order valence-electron chi connectivity index (χ1n) is 12.8.